The zero-order chi connectivity index (χ0) is 74.4. The highest BCUT2D eigenvalue weighted by Gasteiger charge is 2.30. The molecular weight excluding hydrogens is 1320 g/mol. The third-order valence-electron chi connectivity index (χ3n) is 19.5. The van der Waals surface area contributed by atoms with E-state index in [1.165, 1.54) is 238 Å². The molecule has 19 heteroatoms. The smallest absolute Gasteiger partial charge is 0.462 e. The predicted octanol–water partition coefficient (Wildman–Crippen LogP) is 24.5. The molecule has 101 heavy (non-hydrogen) atoms. The Morgan fingerprint density at radius 2 is 0.505 bits per heavy atom. The SMILES string of the molecule is CCCCCCCCCCCCCCC(=O)OC[C@H](COP(=O)(O)OC[C@H](O)COP(=O)(O)OC[C@@H](COC(=O)CCCCCCCCCCCCCCCC(C)C)OC(=O)CCCCCCCCCCCCCCCCC(C)CC)OC(=O)CCCCCCCCCCCCCCC(C)C. The normalized spacial score (nSPS) is 14.2. The van der Waals surface area contributed by atoms with Crippen LogP contribution in [0.25, 0.3) is 0 Å². The summed E-state index contributed by atoms with van der Waals surface area (Å²) in [5, 5.41) is 10.7. The van der Waals surface area contributed by atoms with E-state index in [9.17, 15) is 43.2 Å². The Kier molecular flexibility index (Phi) is 70.9. The minimum atomic E-state index is -4.96. The van der Waals surface area contributed by atoms with Gasteiger partial charge in [0.2, 0.25) is 0 Å². The largest absolute Gasteiger partial charge is 0.472 e. The Labute approximate surface area is 619 Å². The maximum atomic E-state index is 13.1. The molecule has 17 nitrogen and oxygen atoms in total. The summed E-state index contributed by atoms with van der Waals surface area (Å²) in [7, 11) is -9.92. The summed E-state index contributed by atoms with van der Waals surface area (Å²) >= 11 is 0. The first-order valence-electron chi connectivity index (χ1n) is 42.4. The lowest BCUT2D eigenvalue weighted by Gasteiger charge is -2.21. The Morgan fingerprint density at radius 1 is 0.287 bits per heavy atom. The fourth-order valence-electron chi connectivity index (χ4n) is 12.6. The molecule has 6 atom stereocenters. The second-order valence-electron chi connectivity index (χ2n) is 30.7. The first-order chi connectivity index (χ1) is 48.8. The van der Waals surface area contributed by atoms with Crippen molar-refractivity contribution < 1.29 is 80.2 Å². The maximum Gasteiger partial charge on any atom is 0.472 e. The molecular formula is C82H160O17P2. The van der Waals surface area contributed by atoms with Crippen LogP contribution >= 0.6 is 15.6 Å². The lowest BCUT2D eigenvalue weighted by Crippen LogP contribution is -2.30. The van der Waals surface area contributed by atoms with Crippen molar-refractivity contribution in [2.45, 2.75) is 446 Å². The fourth-order valence-corrected chi connectivity index (χ4v) is 14.2. The number of ether oxygens (including phenoxy) is 4. The van der Waals surface area contributed by atoms with Crippen LogP contribution in [0.15, 0.2) is 0 Å². The van der Waals surface area contributed by atoms with Crippen molar-refractivity contribution in [2.24, 2.45) is 17.8 Å². The number of carbonyl (C=O) groups excluding carboxylic acids is 4. The first kappa shape index (κ1) is 99.1. The van der Waals surface area contributed by atoms with E-state index in [0.29, 0.717) is 25.7 Å². The van der Waals surface area contributed by atoms with Crippen LogP contribution in [0.4, 0.5) is 0 Å². The minimum absolute atomic E-state index is 0.107. The summed E-state index contributed by atoms with van der Waals surface area (Å²) < 4.78 is 68.8. The standard InChI is InChI=1S/C82H160O17P2/c1-8-10-11-12-13-14-15-28-35-42-49-56-63-79(84)92-69-77(99-82(87)66-59-52-45-38-31-24-23-26-33-40-47-54-61-74(5)6)71-96-100(88,89)94-67-76(83)68-95-101(90,91)97-72-78(70-93-80(85)64-57-50-43-36-29-22-18-19-25-32-39-46-53-60-73(3)4)98-81(86)65-58-51-44-37-30-21-17-16-20-27-34-41-48-55-62-75(7)9-2/h73-78,83H,8-72H2,1-7H3,(H,88,89)(H,90,91)/t75?,76-,77+,78+/m0/s1. The van der Waals surface area contributed by atoms with Gasteiger partial charge in [0.1, 0.15) is 19.3 Å². The van der Waals surface area contributed by atoms with Gasteiger partial charge in [-0.25, -0.2) is 9.13 Å². The molecule has 0 bridgehead atoms. The van der Waals surface area contributed by atoms with Crippen LogP contribution in [0.2, 0.25) is 0 Å². The van der Waals surface area contributed by atoms with Crippen molar-refractivity contribution in [3.8, 4) is 0 Å². The number of phosphoric ester groups is 2. The average molecular weight is 1480 g/mol. The molecule has 0 aromatic rings. The van der Waals surface area contributed by atoms with E-state index < -0.39 is 97.5 Å². The highest BCUT2D eigenvalue weighted by atomic mass is 31.2. The second-order valence-corrected chi connectivity index (χ2v) is 33.6. The molecule has 0 aliphatic heterocycles. The minimum Gasteiger partial charge on any atom is -0.462 e. The molecule has 0 amide bonds. The number of aliphatic hydroxyl groups excluding tert-OH is 1. The Balaban J connectivity index is 5.27. The molecule has 3 N–H and O–H groups in total. The van der Waals surface area contributed by atoms with Crippen molar-refractivity contribution in [1.29, 1.82) is 0 Å². The highest BCUT2D eigenvalue weighted by Crippen LogP contribution is 2.45. The van der Waals surface area contributed by atoms with E-state index in [4.69, 9.17) is 37.0 Å². The molecule has 0 fully saturated rings. The van der Waals surface area contributed by atoms with Gasteiger partial charge in [0.15, 0.2) is 12.2 Å². The van der Waals surface area contributed by atoms with Gasteiger partial charge in [-0.15, -0.1) is 0 Å². The summed E-state index contributed by atoms with van der Waals surface area (Å²) in [6.07, 6.45) is 60.8. The van der Waals surface area contributed by atoms with Crippen molar-refractivity contribution in [1.82, 2.24) is 0 Å². The third-order valence-corrected chi connectivity index (χ3v) is 21.4. The number of carbonyl (C=O) groups is 4. The Hall–Kier alpha value is -1.94. The van der Waals surface area contributed by atoms with Crippen LogP contribution in [-0.2, 0) is 65.4 Å². The second kappa shape index (κ2) is 72.3. The van der Waals surface area contributed by atoms with Gasteiger partial charge in [-0.2, -0.15) is 0 Å². The molecule has 600 valence electrons. The number of aliphatic hydroxyl groups is 1. The van der Waals surface area contributed by atoms with E-state index in [1.807, 2.05) is 0 Å². The van der Waals surface area contributed by atoms with Gasteiger partial charge in [-0.1, -0.05) is 376 Å². The maximum absolute atomic E-state index is 13.1. The summed E-state index contributed by atoms with van der Waals surface area (Å²) in [5.74, 6) is 0.306. The van der Waals surface area contributed by atoms with Crippen LogP contribution in [0.3, 0.4) is 0 Å². The van der Waals surface area contributed by atoms with Crippen LogP contribution < -0.4 is 0 Å². The number of rotatable bonds is 80. The molecule has 0 heterocycles. The monoisotopic (exact) mass is 1480 g/mol. The van der Waals surface area contributed by atoms with Crippen molar-refractivity contribution in [3.05, 3.63) is 0 Å². The van der Waals surface area contributed by atoms with Gasteiger partial charge in [0.25, 0.3) is 0 Å². The van der Waals surface area contributed by atoms with E-state index in [0.717, 1.165) is 108 Å². The average Bonchev–Trinajstić information content (AvgIpc) is 0.965. The molecule has 0 rings (SSSR count). The number of esters is 4. The lowest BCUT2D eigenvalue weighted by molar-refractivity contribution is -0.161. The highest BCUT2D eigenvalue weighted by molar-refractivity contribution is 7.47. The van der Waals surface area contributed by atoms with Gasteiger partial charge in [-0.05, 0) is 43.4 Å². The molecule has 0 aliphatic carbocycles. The number of hydrogen-bond donors (Lipinski definition) is 3. The number of unbranched alkanes of at least 4 members (excludes halogenated alkanes) is 47. The summed E-state index contributed by atoms with van der Waals surface area (Å²) in [6, 6.07) is 0. The van der Waals surface area contributed by atoms with Gasteiger partial charge in [0, 0.05) is 25.7 Å². The summed E-state index contributed by atoms with van der Waals surface area (Å²) in [5.41, 5.74) is 0. The van der Waals surface area contributed by atoms with E-state index in [2.05, 4.69) is 48.5 Å². The third kappa shape index (κ3) is 74.7. The zero-order valence-corrected chi connectivity index (χ0v) is 68.2. The molecule has 0 aromatic heterocycles. The molecule has 0 aliphatic rings. The predicted molar refractivity (Wildman–Crippen MR) is 414 cm³/mol. The van der Waals surface area contributed by atoms with E-state index in [-0.39, 0.29) is 25.7 Å². The first-order valence-corrected chi connectivity index (χ1v) is 45.4. The quantitative estimate of drug-likeness (QED) is 0.0222. The van der Waals surface area contributed by atoms with E-state index >= 15 is 0 Å². The number of hydrogen-bond acceptors (Lipinski definition) is 15. The Morgan fingerprint density at radius 3 is 0.752 bits per heavy atom. The van der Waals surface area contributed by atoms with Crippen LogP contribution in [0.1, 0.15) is 427 Å². The van der Waals surface area contributed by atoms with Crippen LogP contribution in [0, 0.1) is 17.8 Å². The molecule has 0 aromatic carbocycles. The molecule has 0 radical (unpaired) electrons. The molecule has 3 unspecified atom stereocenters. The Bertz CT molecular complexity index is 1960. The molecule has 0 saturated carbocycles. The summed E-state index contributed by atoms with van der Waals surface area (Å²) in [6.45, 7) is 12.0. The van der Waals surface area contributed by atoms with Crippen molar-refractivity contribution >= 4 is 39.5 Å². The summed E-state index contributed by atoms with van der Waals surface area (Å²) in [4.78, 5) is 73.1. The van der Waals surface area contributed by atoms with Gasteiger partial charge in [-0.3, -0.25) is 37.3 Å². The van der Waals surface area contributed by atoms with Crippen LogP contribution in [-0.4, -0.2) is 96.7 Å². The van der Waals surface area contributed by atoms with Crippen molar-refractivity contribution in [3.63, 3.8) is 0 Å². The van der Waals surface area contributed by atoms with E-state index in [1.54, 1.807) is 0 Å². The van der Waals surface area contributed by atoms with Crippen molar-refractivity contribution in [2.75, 3.05) is 39.6 Å². The molecule has 0 saturated heterocycles. The van der Waals surface area contributed by atoms with Gasteiger partial charge >= 0.3 is 39.5 Å². The zero-order valence-electron chi connectivity index (χ0n) is 66.4. The van der Waals surface area contributed by atoms with Gasteiger partial charge in [0.05, 0.1) is 26.4 Å². The molecule has 0 spiro atoms. The van der Waals surface area contributed by atoms with Gasteiger partial charge < -0.3 is 33.8 Å². The topological polar surface area (TPSA) is 237 Å². The number of phosphoric acid groups is 2. The fraction of sp³-hybridized carbons (Fsp3) is 0.951. The lowest BCUT2D eigenvalue weighted by atomic mass is 9.99. The van der Waals surface area contributed by atoms with Crippen LogP contribution in [0.5, 0.6) is 0 Å².